The molecule has 0 amide bonds. The van der Waals surface area contributed by atoms with Crippen LogP contribution in [0.1, 0.15) is 12.5 Å². The van der Waals surface area contributed by atoms with Crippen molar-refractivity contribution in [3.63, 3.8) is 0 Å². The second-order valence-electron chi connectivity index (χ2n) is 4.09. The predicted octanol–water partition coefficient (Wildman–Crippen LogP) is 1.77. The minimum atomic E-state index is -0.194. The van der Waals surface area contributed by atoms with Crippen LogP contribution in [0.2, 0.25) is 0 Å². The third-order valence-electron chi connectivity index (χ3n) is 2.74. The molecule has 0 aliphatic carbocycles. The summed E-state index contributed by atoms with van der Waals surface area (Å²) in [5.41, 5.74) is 1.01. The molecule has 17 heavy (non-hydrogen) atoms. The summed E-state index contributed by atoms with van der Waals surface area (Å²) in [4.78, 5) is 11.6. The minimum Gasteiger partial charge on any atom is -0.456 e. The summed E-state index contributed by atoms with van der Waals surface area (Å²) in [6, 6.07) is 9.98. The van der Waals surface area contributed by atoms with Crippen LogP contribution in [-0.2, 0) is 16.1 Å². The Morgan fingerprint density at radius 3 is 2.76 bits per heavy atom. The zero-order valence-corrected chi connectivity index (χ0v) is 9.87. The Labute approximate surface area is 101 Å². The maximum Gasteiger partial charge on any atom is 0.372 e. The van der Waals surface area contributed by atoms with E-state index in [0.29, 0.717) is 13.2 Å². The van der Waals surface area contributed by atoms with Gasteiger partial charge in [-0.3, -0.25) is 0 Å². The molecule has 0 radical (unpaired) electrons. The Kier molecular flexibility index (Phi) is 3.70. The van der Waals surface area contributed by atoms with E-state index in [-0.39, 0.29) is 12.0 Å². The third kappa shape index (κ3) is 3.28. The lowest BCUT2D eigenvalue weighted by Gasteiger charge is -2.05. The van der Waals surface area contributed by atoms with E-state index in [2.05, 4.69) is 0 Å². The molecule has 0 fully saturated rings. The Morgan fingerprint density at radius 2 is 2.12 bits per heavy atom. The van der Waals surface area contributed by atoms with Gasteiger partial charge >= 0.3 is 5.97 Å². The Hall–Kier alpha value is -1.90. The molecular formula is C14H16NO2+. The number of carbonyl (C=O) groups is 1. The lowest BCUT2D eigenvalue weighted by atomic mass is 10.2. The van der Waals surface area contributed by atoms with Gasteiger partial charge in [0, 0.05) is 13.0 Å². The first-order chi connectivity index (χ1) is 8.25. The highest BCUT2D eigenvalue weighted by Crippen LogP contribution is 2.02. The van der Waals surface area contributed by atoms with Crippen molar-refractivity contribution in [2.75, 3.05) is 6.54 Å². The Morgan fingerprint density at radius 1 is 1.35 bits per heavy atom. The molecule has 0 spiro atoms. The van der Waals surface area contributed by atoms with E-state index < -0.39 is 0 Å². The summed E-state index contributed by atoms with van der Waals surface area (Å²) in [5, 5.41) is 0. The standard InChI is InChI=1S/C14H16NO2/c1-12-6-5-9-15(12)10-14(16)17-11-13-7-3-2-4-8-13/h2-9,12H,10-11H2,1H3/q+1. The van der Waals surface area contributed by atoms with Crippen molar-refractivity contribution in [3.8, 4) is 0 Å². The van der Waals surface area contributed by atoms with Crippen LogP contribution in [-0.4, -0.2) is 29.3 Å². The highest BCUT2D eigenvalue weighted by Gasteiger charge is 2.20. The van der Waals surface area contributed by atoms with Gasteiger partial charge in [-0.2, -0.15) is 0 Å². The molecule has 1 aliphatic heterocycles. The average Bonchev–Trinajstić information content (AvgIpc) is 2.74. The largest absolute Gasteiger partial charge is 0.456 e. The first kappa shape index (κ1) is 11.6. The number of rotatable bonds is 4. The Balaban J connectivity index is 1.79. The van der Waals surface area contributed by atoms with Crippen LogP contribution in [0.25, 0.3) is 0 Å². The second-order valence-corrected chi connectivity index (χ2v) is 4.09. The van der Waals surface area contributed by atoms with Crippen molar-refractivity contribution < 1.29 is 14.1 Å². The van der Waals surface area contributed by atoms with E-state index in [1.54, 1.807) is 0 Å². The zero-order chi connectivity index (χ0) is 12.1. The van der Waals surface area contributed by atoms with E-state index in [4.69, 9.17) is 4.74 Å². The van der Waals surface area contributed by atoms with Gasteiger partial charge in [-0.05, 0) is 11.6 Å². The van der Waals surface area contributed by atoms with Crippen molar-refractivity contribution in [3.05, 3.63) is 48.0 Å². The highest BCUT2D eigenvalue weighted by atomic mass is 16.5. The van der Waals surface area contributed by atoms with Crippen LogP contribution in [0.15, 0.2) is 42.5 Å². The van der Waals surface area contributed by atoms with E-state index in [0.717, 1.165) is 5.56 Å². The molecule has 0 aromatic heterocycles. The molecule has 3 nitrogen and oxygen atoms in total. The highest BCUT2D eigenvalue weighted by molar-refractivity contribution is 5.73. The fourth-order valence-corrected chi connectivity index (χ4v) is 1.70. The second kappa shape index (κ2) is 5.43. The van der Waals surface area contributed by atoms with Crippen LogP contribution in [0, 0.1) is 0 Å². The van der Waals surface area contributed by atoms with Crippen molar-refractivity contribution in [1.82, 2.24) is 0 Å². The van der Waals surface area contributed by atoms with Gasteiger partial charge in [0.2, 0.25) is 6.54 Å². The molecule has 0 N–H and O–H groups in total. The summed E-state index contributed by atoms with van der Waals surface area (Å²) >= 11 is 0. The van der Waals surface area contributed by atoms with Gasteiger partial charge in [0.25, 0.3) is 0 Å². The van der Waals surface area contributed by atoms with Gasteiger partial charge < -0.3 is 4.74 Å². The molecule has 0 bridgehead atoms. The molecule has 1 atom stereocenters. The molecule has 0 saturated carbocycles. The van der Waals surface area contributed by atoms with Crippen molar-refractivity contribution in [2.45, 2.75) is 19.6 Å². The molecule has 1 aliphatic rings. The van der Waals surface area contributed by atoms with Crippen molar-refractivity contribution in [2.24, 2.45) is 0 Å². The molecule has 2 rings (SSSR count). The molecular weight excluding hydrogens is 214 g/mol. The summed E-state index contributed by atoms with van der Waals surface area (Å²) < 4.78 is 7.16. The van der Waals surface area contributed by atoms with Crippen LogP contribution in [0.5, 0.6) is 0 Å². The fourth-order valence-electron chi connectivity index (χ4n) is 1.70. The lowest BCUT2D eigenvalue weighted by molar-refractivity contribution is -0.533. The number of allylic oxidation sites excluding steroid dienone is 1. The number of nitrogens with zero attached hydrogens (tertiary/aromatic N) is 1. The van der Waals surface area contributed by atoms with Crippen molar-refractivity contribution in [1.29, 1.82) is 0 Å². The summed E-state index contributed by atoms with van der Waals surface area (Å²) in [6.45, 7) is 2.70. The van der Waals surface area contributed by atoms with E-state index in [1.165, 1.54) is 0 Å². The van der Waals surface area contributed by atoms with Gasteiger partial charge in [0.1, 0.15) is 6.61 Å². The maximum absolute atomic E-state index is 11.6. The first-order valence-electron chi connectivity index (χ1n) is 5.72. The number of carbonyl (C=O) groups excluding carboxylic acids is 1. The first-order valence-corrected chi connectivity index (χ1v) is 5.72. The van der Waals surface area contributed by atoms with Gasteiger partial charge in [-0.15, -0.1) is 0 Å². The number of hydrogen-bond acceptors (Lipinski definition) is 2. The van der Waals surface area contributed by atoms with Gasteiger partial charge in [-0.1, -0.05) is 30.3 Å². The van der Waals surface area contributed by atoms with Gasteiger partial charge in [0.05, 0.1) is 0 Å². The molecule has 1 aromatic carbocycles. The molecule has 88 valence electrons. The SMILES string of the molecule is CC1C=CC=[N+]1CC(=O)OCc1ccccc1. The predicted molar refractivity (Wildman–Crippen MR) is 66.0 cm³/mol. The Bertz CT molecular complexity index is 449. The molecule has 3 heteroatoms. The average molecular weight is 230 g/mol. The van der Waals surface area contributed by atoms with Crippen LogP contribution < -0.4 is 0 Å². The van der Waals surface area contributed by atoms with E-state index >= 15 is 0 Å². The number of esters is 1. The number of ether oxygens (including phenoxy) is 1. The topological polar surface area (TPSA) is 29.3 Å². The summed E-state index contributed by atoms with van der Waals surface area (Å²) in [5.74, 6) is -0.194. The minimum absolute atomic E-state index is 0.194. The molecule has 0 saturated heterocycles. The monoisotopic (exact) mass is 230 g/mol. The third-order valence-corrected chi connectivity index (χ3v) is 2.74. The number of hydrogen-bond donors (Lipinski definition) is 0. The van der Waals surface area contributed by atoms with E-state index in [9.17, 15) is 4.79 Å². The zero-order valence-electron chi connectivity index (χ0n) is 9.87. The van der Waals surface area contributed by atoms with Crippen LogP contribution in [0.4, 0.5) is 0 Å². The fraction of sp³-hybridized carbons (Fsp3) is 0.286. The van der Waals surface area contributed by atoms with Gasteiger partial charge in [-0.25, -0.2) is 9.37 Å². The van der Waals surface area contributed by atoms with Gasteiger partial charge in [0.15, 0.2) is 12.3 Å². The smallest absolute Gasteiger partial charge is 0.372 e. The lowest BCUT2D eigenvalue weighted by Crippen LogP contribution is -2.26. The maximum atomic E-state index is 11.6. The summed E-state index contributed by atoms with van der Waals surface area (Å²) in [6.07, 6.45) is 5.91. The summed E-state index contributed by atoms with van der Waals surface area (Å²) in [7, 11) is 0. The number of benzene rings is 1. The normalized spacial score (nSPS) is 17.9. The molecule has 1 unspecified atom stereocenters. The quantitative estimate of drug-likeness (QED) is 0.582. The van der Waals surface area contributed by atoms with Crippen LogP contribution >= 0.6 is 0 Å². The molecule has 1 aromatic rings. The van der Waals surface area contributed by atoms with E-state index in [1.807, 2.05) is 60.2 Å². The molecule has 1 heterocycles. The van der Waals surface area contributed by atoms with Crippen molar-refractivity contribution >= 4 is 12.2 Å². The van der Waals surface area contributed by atoms with Crippen LogP contribution in [0.3, 0.4) is 0 Å².